The predicted octanol–water partition coefficient (Wildman–Crippen LogP) is 5.65. The maximum Gasteiger partial charge on any atom is 0.119 e. The summed E-state index contributed by atoms with van der Waals surface area (Å²) in [5.41, 5.74) is 2.62. The van der Waals surface area contributed by atoms with E-state index < -0.39 is 0 Å². The first kappa shape index (κ1) is 18.7. The zero-order valence-corrected chi connectivity index (χ0v) is 16.4. The normalized spacial score (nSPS) is 12.3. The van der Waals surface area contributed by atoms with Crippen LogP contribution in [-0.2, 0) is 0 Å². The molecule has 1 unspecified atom stereocenters. The summed E-state index contributed by atoms with van der Waals surface area (Å²) >= 11 is 1.81. The van der Waals surface area contributed by atoms with Gasteiger partial charge in [-0.3, -0.25) is 0 Å². The van der Waals surface area contributed by atoms with Crippen LogP contribution in [0.3, 0.4) is 0 Å². The lowest BCUT2D eigenvalue weighted by molar-refractivity contribution is 0.223. The first-order valence-corrected chi connectivity index (χ1v) is 10.2. The van der Waals surface area contributed by atoms with Crippen LogP contribution in [0.4, 0.5) is 0 Å². The van der Waals surface area contributed by atoms with Gasteiger partial charge < -0.3 is 9.64 Å². The van der Waals surface area contributed by atoms with E-state index in [2.05, 4.69) is 90.9 Å². The SMILES string of the molecule is CCN(CC)CCOc1ccc(C(c2ccccc2)c2cccs2)cc1. The van der Waals surface area contributed by atoms with Gasteiger partial charge >= 0.3 is 0 Å². The van der Waals surface area contributed by atoms with E-state index in [1.54, 1.807) is 0 Å². The minimum atomic E-state index is 0.279. The highest BCUT2D eigenvalue weighted by atomic mass is 32.1. The second-order valence-corrected chi connectivity index (χ2v) is 7.28. The first-order chi connectivity index (χ1) is 12.8. The van der Waals surface area contributed by atoms with E-state index in [0.29, 0.717) is 0 Å². The summed E-state index contributed by atoms with van der Waals surface area (Å²) < 4.78 is 5.93. The number of benzene rings is 2. The Morgan fingerprint density at radius 3 is 2.15 bits per heavy atom. The fourth-order valence-electron chi connectivity index (χ4n) is 3.21. The third-order valence-electron chi connectivity index (χ3n) is 4.74. The van der Waals surface area contributed by atoms with Gasteiger partial charge in [0.1, 0.15) is 12.4 Å². The standard InChI is InChI=1S/C23H27NOS/c1-3-24(4-2)16-17-25-21-14-12-20(13-15-21)23(22-11-8-18-26-22)19-9-6-5-7-10-19/h5-15,18,23H,3-4,16-17H2,1-2H3. The molecule has 0 radical (unpaired) electrons. The van der Waals surface area contributed by atoms with Gasteiger partial charge in [-0.25, -0.2) is 0 Å². The molecule has 2 aromatic carbocycles. The van der Waals surface area contributed by atoms with Gasteiger partial charge in [0, 0.05) is 17.3 Å². The van der Waals surface area contributed by atoms with Crippen LogP contribution in [0, 0.1) is 0 Å². The zero-order chi connectivity index (χ0) is 18.2. The summed E-state index contributed by atoms with van der Waals surface area (Å²) in [5, 5.41) is 2.15. The van der Waals surface area contributed by atoms with Crippen LogP contribution < -0.4 is 4.74 Å². The number of ether oxygens (including phenoxy) is 1. The molecule has 0 aliphatic rings. The maximum absolute atomic E-state index is 5.93. The second-order valence-electron chi connectivity index (χ2n) is 6.30. The van der Waals surface area contributed by atoms with Crippen molar-refractivity contribution < 1.29 is 4.74 Å². The highest BCUT2D eigenvalue weighted by Gasteiger charge is 2.17. The predicted molar refractivity (Wildman–Crippen MR) is 111 cm³/mol. The van der Waals surface area contributed by atoms with Crippen LogP contribution in [0.1, 0.15) is 35.8 Å². The monoisotopic (exact) mass is 365 g/mol. The number of likely N-dealkylation sites (N-methyl/N-ethyl adjacent to an activating group) is 1. The van der Waals surface area contributed by atoms with Gasteiger partial charge in [0.05, 0.1) is 0 Å². The third-order valence-corrected chi connectivity index (χ3v) is 5.68. The molecule has 0 saturated heterocycles. The largest absolute Gasteiger partial charge is 0.492 e. The highest BCUT2D eigenvalue weighted by Crippen LogP contribution is 2.35. The van der Waals surface area contributed by atoms with Crippen LogP contribution in [0.5, 0.6) is 5.75 Å². The number of nitrogens with zero attached hydrogens (tertiary/aromatic N) is 1. The third kappa shape index (κ3) is 4.75. The van der Waals surface area contributed by atoms with Crippen molar-refractivity contribution in [3.63, 3.8) is 0 Å². The fourth-order valence-corrected chi connectivity index (χ4v) is 4.09. The first-order valence-electron chi connectivity index (χ1n) is 9.35. The molecule has 1 heterocycles. The Morgan fingerprint density at radius 2 is 1.54 bits per heavy atom. The van der Waals surface area contributed by atoms with E-state index in [-0.39, 0.29) is 5.92 Å². The van der Waals surface area contributed by atoms with Gasteiger partial charge in [-0.15, -0.1) is 11.3 Å². The molecular weight excluding hydrogens is 338 g/mol. The van der Waals surface area contributed by atoms with Crippen molar-refractivity contribution in [2.24, 2.45) is 0 Å². The molecular formula is C23H27NOS. The van der Waals surface area contributed by atoms with E-state index in [1.807, 2.05) is 11.3 Å². The van der Waals surface area contributed by atoms with E-state index in [0.717, 1.165) is 32.0 Å². The summed E-state index contributed by atoms with van der Waals surface area (Å²) in [7, 11) is 0. The molecule has 0 N–H and O–H groups in total. The molecule has 0 aliphatic heterocycles. The zero-order valence-electron chi connectivity index (χ0n) is 15.6. The van der Waals surface area contributed by atoms with Gasteiger partial charge in [0.15, 0.2) is 0 Å². The molecule has 1 aromatic heterocycles. The molecule has 2 nitrogen and oxygen atoms in total. The minimum absolute atomic E-state index is 0.279. The maximum atomic E-state index is 5.93. The molecule has 26 heavy (non-hydrogen) atoms. The molecule has 0 spiro atoms. The van der Waals surface area contributed by atoms with Crippen LogP contribution in [-0.4, -0.2) is 31.1 Å². The summed E-state index contributed by atoms with van der Waals surface area (Å²) in [6.45, 7) is 8.21. The molecule has 3 heteroatoms. The molecule has 3 rings (SSSR count). The summed E-state index contributed by atoms with van der Waals surface area (Å²) in [4.78, 5) is 3.74. The smallest absolute Gasteiger partial charge is 0.119 e. The molecule has 0 aliphatic carbocycles. The number of rotatable bonds is 9. The quantitative estimate of drug-likeness (QED) is 0.486. The number of hydrogen-bond acceptors (Lipinski definition) is 3. The average Bonchev–Trinajstić information content (AvgIpc) is 3.22. The molecule has 0 fully saturated rings. The number of thiophene rings is 1. The number of hydrogen-bond donors (Lipinski definition) is 0. The average molecular weight is 366 g/mol. The van der Waals surface area contributed by atoms with Gasteiger partial charge in [-0.2, -0.15) is 0 Å². The van der Waals surface area contributed by atoms with Crippen LogP contribution in [0.25, 0.3) is 0 Å². The van der Waals surface area contributed by atoms with Crippen LogP contribution in [0.15, 0.2) is 72.1 Å². The van der Waals surface area contributed by atoms with E-state index in [4.69, 9.17) is 4.74 Å². The summed E-state index contributed by atoms with van der Waals surface area (Å²) in [6, 6.07) is 23.6. The highest BCUT2D eigenvalue weighted by molar-refractivity contribution is 7.10. The van der Waals surface area contributed by atoms with Crippen molar-refractivity contribution in [2.75, 3.05) is 26.2 Å². The van der Waals surface area contributed by atoms with Gasteiger partial charge in [0.2, 0.25) is 0 Å². The lowest BCUT2D eigenvalue weighted by Gasteiger charge is -2.19. The van der Waals surface area contributed by atoms with Crippen molar-refractivity contribution in [3.05, 3.63) is 88.1 Å². The Labute approximate surface area is 161 Å². The molecule has 0 saturated carbocycles. The van der Waals surface area contributed by atoms with E-state index in [1.165, 1.54) is 16.0 Å². The van der Waals surface area contributed by atoms with Crippen molar-refractivity contribution >= 4 is 11.3 Å². The van der Waals surface area contributed by atoms with Crippen molar-refractivity contribution in [2.45, 2.75) is 19.8 Å². The molecule has 1 atom stereocenters. The second kappa shape index (κ2) is 9.56. The summed E-state index contributed by atoms with van der Waals surface area (Å²) in [5.74, 6) is 1.22. The van der Waals surface area contributed by atoms with E-state index >= 15 is 0 Å². The van der Waals surface area contributed by atoms with Gasteiger partial charge in [0.25, 0.3) is 0 Å². The van der Waals surface area contributed by atoms with Crippen molar-refractivity contribution in [1.82, 2.24) is 4.90 Å². The van der Waals surface area contributed by atoms with Crippen molar-refractivity contribution in [1.29, 1.82) is 0 Å². The minimum Gasteiger partial charge on any atom is -0.492 e. The van der Waals surface area contributed by atoms with Crippen LogP contribution in [0.2, 0.25) is 0 Å². The topological polar surface area (TPSA) is 12.5 Å². The molecule has 3 aromatic rings. The van der Waals surface area contributed by atoms with Crippen molar-refractivity contribution in [3.8, 4) is 5.75 Å². The lowest BCUT2D eigenvalue weighted by atomic mass is 9.90. The van der Waals surface area contributed by atoms with Gasteiger partial charge in [-0.1, -0.05) is 62.4 Å². The molecule has 136 valence electrons. The molecule has 0 bridgehead atoms. The van der Waals surface area contributed by atoms with E-state index in [9.17, 15) is 0 Å². The summed E-state index contributed by atoms with van der Waals surface area (Å²) in [6.07, 6.45) is 0. The van der Waals surface area contributed by atoms with Crippen LogP contribution >= 0.6 is 11.3 Å². The fraction of sp³-hybridized carbons (Fsp3) is 0.304. The Kier molecular flexibility index (Phi) is 6.87. The van der Waals surface area contributed by atoms with Gasteiger partial charge in [-0.05, 0) is 47.8 Å². The lowest BCUT2D eigenvalue weighted by Crippen LogP contribution is -2.27. The Hall–Kier alpha value is -2.10. The molecule has 0 amide bonds. The Balaban J connectivity index is 1.73. The Morgan fingerprint density at radius 1 is 0.846 bits per heavy atom. The Bertz CT molecular complexity index is 749.